The zero-order valence-electron chi connectivity index (χ0n) is 10.7. The number of hydrogen-bond acceptors (Lipinski definition) is 4. The fourth-order valence-corrected chi connectivity index (χ4v) is 2.42. The second-order valence-electron chi connectivity index (χ2n) is 3.97. The molecule has 4 heteroatoms. The van der Waals surface area contributed by atoms with Crippen LogP contribution >= 0.6 is 11.8 Å². The zero-order chi connectivity index (χ0) is 13.0. The van der Waals surface area contributed by atoms with Gasteiger partial charge in [0.25, 0.3) is 0 Å². The van der Waals surface area contributed by atoms with Crippen molar-refractivity contribution >= 4 is 11.8 Å². The van der Waals surface area contributed by atoms with E-state index < -0.39 is 0 Å². The van der Waals surface area contributed by atoms with E-state index in [-0.39, 0.29) is 0 Å². The predicted molar refractivity (Wildman–Crippen MR) is 76.5 cm³/mol. The molecule has 2 rings (SSSR count). The summed E-state index contributed by atoms with van der Waals surface area (Å²) >= 11 is 1.84. The van der Waals surface area contributed by atoms with E-state index in [1.165, 1.54) is 4.90 Å². The third-order valence-electron chi connectivity index (χ3n) is 2.54. The van der Waals surface area contributed by atoms with Gasteiger partial charge in [-0.3, -0.25) is 0 Å². The lowest BCUT2D eigenvalue weighted by Gasteiger charge is -2.06. The fraction of sp³-hybridized carbons (Fsp3) is 0.286. The second-order valence-corrected chi connectivity index (χ2v) is 5.31. The molecule has 1 heterocycles. The highest BCUT2D eigenvalue weighted by molar-refractivity contribution is 7.99. The zero-order valence-corrected chi connectivity index (χ0v) is 11.5. The third kappa shape index (κ3) is 3.09. The molecule has 0 saturated carbocycles. The van der Waals surface area contributed by atoms with Crippen molar-refractivity contribution in [1.82, 2.24) is 9.97 Å². The van der Waals surface area contributed by atoms with Crippen molar-refractivity contribution in [1.29, 1.82) is 0 Å². The summed E-state index contributed by atoms with van der Waals surface area (Å²) in [6, 6.07) is 10.4. The molecule has 2 N–H and O–H groups in total. The van der Waals surface area contributed by atoms with Crippen molar-refractivity contribution in [3.63, 3.8) is 0 Å². The Balaban J connectivity index is 2.33. The highest BCUT2D eigenvalue weighted by atomic mass is 32.2. The molecule has 0 fully saturated rings. The summed E-state index contributed by atoms with van der Waals surface area (Å²) in [6.07, 6.45) is 0. The summed E-state index contributed by atoms with van der Waals surface area (Å²) in [5, 5.41) is 0. The van der Waals surface area contributed by atoms with Crippen LogP contribution in [0.2, 0.25) is 0 Å². The van der Waals surface area contributed by atoms with E-state index in [1.54, 1.807) is 0 Å². The van der Waals surface area contributed by atoms with Gasteiger partial charge in [-0.25, -0.2) is 9.97 Å². The molecule has 0 unspecified atom stereocenters. The minimum Gasteiger partial charge on any atom is -0.324 e. The molecule has 0 atom stereocenters. The van der Waals surface area contributed by atoms with E-state index in [2.05, 4.69) is 41.2 Å². The monoisotopic (exact) mass is 259 g/mol. The van der Waals surface area contributed by atoms with Crippen LogP contribution in [0.4, 0.5) is 0 Å². The van der Waals surface area contributed by atoms with Crippen molar-refractivity contribution in [3.8, 4) is 11.3 Å². The summed E-state index contributed by atoms with van der Waals surface area (Å²) in [7, 11) is 0. The highest BCUT2D eigenvalue weighted by Crippen LogP contribution is 2.23. The first-order valence-corrected chi connectivity index (χ1v) is 6.99. The van der Waals surface area contributed by atoms with Gasteiger partial charge in [-0.1, -0.05) is 19.1 Å². The second kappa shape index (κ2) is 5.98. The predicted octanol–water partition coefficient (Wildman–Crippen LogP) is 3.02. The molecule has 3 nitrogen and oxygen atoms in total. The van der Waals surface area contributed by atoms with Gasteiger partial charge in [0.05, 0.1) is 12.2 Å². The van der Waals surface area contributed by atoms with Gasteiger partial charge in [-0.05, 0) is 30.9 Å². The Hall–Kier alpha value is -1.39. The SMILES string of the molecule is CCSc1ccc(-c2cc(C)nc(CN)n2)cc1. The maximum atomic E-state index is 5.60. The molecule has 0 aliphatic carbocycles. The van der Waals surface area contributed by atoms with E-state index in [4.69, 9.17) is 5.73 Å². The summed E-state index contributed by atoms with van der Waals surface area (Å²) in [4.78, 5) is 10.0. The molecule has 1 aromatic carbocycles. The van der Waals surface area contributed by atoms with E-state index in [1.807, 2.05) is 24.8 Å². The molecule has 18 heavy (non-hydrogen) atoms. The van der Waals surface area contributed by atoms with Crippen LogP contribution in [0, 0.1) is 6.92 Å². The van der Waals surface area contributed by atoms with Crippen LogP contribution in [-0.4, -0.2) is 15.7 Å². The summed E-state index contributed by atoms with van der Waals surface area (Å²) < 4.78 is 0. The van der Waals surface area contributed by atoms with Crippen molar-refractivity contribution in [2.24, 2.45) is 5.73 Å². The molecule has 2 aromatic rings. The van der Waals surface area contributed by atoms with Gasteiger partial charge in [-0.15, -0.1) is 11.8 Å². The summed E-state index contributed by atoms with van der Waals surface area (Å²) in [5.41, 5.74) is 8.60. The van der Waals surface area contributed by atoms with Crippen LogP contribution < -0.4 is 5.73 Å². The molecular weight excluding hydrogens is 242 g/mol. The smallest absolute Gasteiger partial charge is 0.142 e. The lowest BCUT2D eigenvalue weighted by atomic mass is 10.1. The molecular formula is C14H17N3S. The van der Waals surface area contributed by atoms with Gasteiger partial charge in [0.2, 0.25) is 0 Å². The Kier molecular flexibility index (Phi) is 4.33. The Morgan fingerprint density at radius 3 is 2.50 bits per heavy atom. The quantitative estimate of drug-likeness (QED) is 0.857. The van der Waals surface area contributed by atoms with Gasteiger partial charge >= 0.3 is 0 Å². The first-order valence-electron chi connectivity index (χ1n) is 6.00. The molecule has 0 bridgehead atoms. The summed E-state index contributed by atoms with van der Waals surface area (Å²) in [6.45, 7) is 4.49. The first kappa shape index (κ1) is 13.1. The van der Waals surface area contributed by atoms with Crippen molar-refractivity contribution in [2.75, 3.05) is 5.75 Å². The van der Waals surface area contributed by atoms with E-state index >= 15 is 0 Å². The molecule has 0 amide bonds. The van der Waals surface area contributed by atoms with Crippen LogP contribution in [0.15, 0.2) is 35.2 Å². The average Bonchev–Trinajstić information content (AvgIpc) is 2.39. The van der Waals surface area contributed by atoms with Crippen LogP contribution in [0.3, 0.4) is 0 Å². The van der Waals surface area contributed by atoms with Crippen molar-refractivity contribution in [3.05, 3.63) is 41.9 Å². The topological polar surface area (TPSA) is 51.8 Å². The lowest BCUT2D eigenvalue weighted by molar-refractivity contribution is 0.894. The molecule has 1 aromatic heterocycles. The fourth-order valence-electron chi connectivity index (χ4n) is 1.76. The van der Waals surface area contributed by atoms with E-state index in [0.29, 0.717) is 12.4 Å². The standard InChI is InChI=1S/C14H17N3S/c1-3-18-12-6-4-11(5-7-12)13-8-10(2)16-14(9-15)17-13/h4-8H,3,9,15H2,1-2H3. The van der Waals surface area contributed by atoms with Crippen molar-refractivity contribution in [2.45, 2.75) is 25.3 Å². The first-order chi connectivity index (χ1) is 8.72. The number of nitrogens with two attached hydrogens (primary N) is 1. The minimum absolute atomic E-state index is 0.373. The van der Waals surface area contributed by atoms with Crippen molar-refractivity contribution < 1.29 is 0 Å². The third-order valence-corrected chi connectivity index (χ3v) is 3.44. The van der Waals surface area contributed by atoms with E-state index in [0.717, 1.165) is 22.7 Å². The molecule has 0 radical (unpaired) electrons. The number of rotatable bonds is 4. The van der Waals surface area contributed by atoms with Crippen LogP contribution in [0.5, 0.6) is 0 Å². The van der Waals surface area contributed by atoms with Crippen LogP contribution in [-0.2, 0) is 6.54 Å². The molecule has 0 spiro atoms. The summed E-state index contributed by atoms with van der Waals surface area (Å²) in [5.74, 6) is 1.78. The number of hydrogen-bond donors (Lipinski definition) is 1. The van der Waals surface area contributed by atoms with Crippen LogP contribution in [0.1, 0.15) is 18.4 Å². The van der Waals surface area contributed by atoms with Gasteiger partial charge < -0.3 is 5.73 Å². The van der Waals surface area contributed by atoms with Crippen LogP contribution in [0.25, 0.3) is 11.3 Å². The number of aromatic nitrogens is 2. The Morgan fingerprint density at radius 1 is 1.17 bits per heavy atom. The maximum absolute atomic E-state index is 5.60. The number of thioether (sulfide) groups is 1. The molecule has 0 saturated heterocycles. The minimum atomic E-state index is 0.373. The molecule has 0 aliphatic heterocycles. The van der Waals surface area contributed by atoms with Gasteiger partial charge in [0.1, 0.15) is 5.82 Å². The Morgan fingerprint density at radius 2 is 1.89 bits per heavy atom. The van der Waals surface area contributed by atoms with Gasteiger partial charge in [-0.2, -0.15) is 0 Å². The lowest BCUT2D eigenvalue weighted by Crippen LogP contribution is -2.04. The van der Waals surface area contributed by atoms with E-state index in [9.17, 15) is 0 Å². The Labute approximate surface area is 112 Å². The largest absolute Gasteiger partial charge is 0.324 e. The average molecular weight is 259 g/mol. The highest BCUT2D eigenvalue weighted by Gasteiger charge is 2.04. The van der Waals surface area contributed by atoms with Gasteiger partial charge in [0, 0.05) is 16.2 Å². The number of aryl methyl sites for hydroxylation is 1. The molecule has 0 aliphatic rings. The molecule has 94 valence electrons. The Bertz CT molecular complexity index is 523. The maximum Gasteiger partial charge on any atom is 0.142 e. The normalized spacial score (nSPS) is 10.6. The number of nitrogens with zero attached hydrogens (tertiary/aromatic N) is 2. The van der Waals surface area contributed by atoms with Gasteiger partial charge in [0.15, 0.2) is 0 Å². The number of benzene rings is 1.